The summed E-state index contributed by atoms with van der Waals surface area (Å²) in [7, 11) is -4.54. The Morgan fingerprint density at radius 1 is 1.17 bits per heavy atom. The fourth-order valence-corrected chi connectivity index (χ4v) is 5.86. The first-order valence-corrected chi connectivity index (χ1v) is 15.0. The number of carbonyl (C=O) groups is 2. The lowest BCUT2D eigenvalue weighted by atomic mass is 9.93. The lowest BCUT2D eigenvalue weighted by molar-refractivity contribution is -0.123. The van der Waals surface area contributed by atoms with E-state index in [2.05, 4.69) is 17.1 Å². The van der Waals surface area contributed by atoms with Gasteiger partial charge in [-0.2, -0.15) is 24.5 Å². The first-order valence-electron chi connectivity index (χ1n) is 12.1. The third-order valence-electron chi connectivity index (χ3n) is 5.99. The first-order chi connectivity index (χ1) is 16.3. The van der Waals surface area contributed by atoms with Crippen molar-refractivity contribution in [1.82, 2.24) is 0 Å². The molecule has 1 heterocycles. The maximum absolute atomic E-state index is 13.2. The van der Waals surface area contributed by atoms with Crippen LogP contribution in [-0.2, 0) is 26.2 Å². The molecule has 1 aliphatic heterocycles. The van der Waals surface area contributed by atoms with Gasteiger partial charge in [0.15, 0.2) is 0 Å². The molecule has 36 heavy (non-hydrogen) atoms. The van der Waals surface area contributed by atoms with E-state index in [0.29, 0.717) is 27.5 Å². The van der Waals surface area contributed by atoms with Crippen molar-refractivity contribution < 1.29 is 22.7 Å². The maximum Gasteiger partial charge on any atom is 0.429 e. The molecule has 0 saturated heterocycles. The van der Waals surface area contributed by atoms with Crippen molar-refractivity contribution in [3.05, 3.63) is 16.7 Å². The first kappa shape index (κ1) is 30.2. The van der Waals surface area contributed by atoms with E-state index >= 15 is 0 Å². The summed E-state index contributed by atoms with van der Waals surface area (Å²) in [4.78, 5) is 28.6. The van der Waals surface area contributed by atoms with Gasteiger partial charge in [-0.05, 0) is 64.8 Å². The van der Waals surface area contributed by atoms with Crippen molar-refractivity contribution >= 4 is 51.0 Å². The molecule has 0 fully saturated rings. The Morgan fingerprint density at radius 2 is 1.75 bits per heavy atom. The molecule has 9 nitrogen and oxygen atoms in total. The van der Waals surface area contributed by atoms with Crippen LogP contribution < -0.4 is 19.7 Å². The molecule has 0 bridgehead atoms. The average Bonchev–Trinajstić information content (AvgIpc) is 3.04. The summed E-state index contributed by atoms with van der Waals surface area (Å²) in [5, 5.41) is 8.64. The van der Waals surface area contributed by atoms with E-state index in [1.165, 1.54) is 0 Å². The molecule has 1 aliphatic rings. The summed E-state index contributed by atoms with van der Waals surface area (Å²) in [5.41, 5.74) is 1.83. The van der Waals surface area contributed by atoms with Crippen LogP contribution in [0.1, 0.15) is 71.6 Å². The fraction of sp³-hybridized carbons (Fsp3) is 0.680. The zero-order chi connectivity index (χ0) is 27.8. The van der Waals surface area contributed by atoms with Crippen molar-refractivity contribution in [1.29, 1.82) is 0 Å². The van der Waals surface area contributed by atoms with Crippen LogP contribution in [0.15, 0.2) is 0 Å². The molecule has 1 aromatic rings. The summed E-state index contributed by atoms with van der Waals surface area (Å²) in [6.45, 7) is 16.8. The second-order valence-electron chi connectivity index (χ2n) is 11.3. The number of rotatable bonds is 7. The number of hydrogen-bond donors (Lipinski definition) is 2. The topological polar surface area (TPSA) is 122 Å². The molecule has 2 rings (SSSR count). The number of fused-ring (bicyclic) bond motifs is 1. The molecule has 0 aromatic heterocycles. The number of nitrogens with one attached hydrogen (secondary N) is 1. The van der Waals surface area contributed by atoms with Crippen molar-refractivity contribution in [2.45, 2.75) is 86.8 Å². The lowest BCUT2D eigenvalue weighted by Crippen LogP contribution is -2.45. The van der Waals surface area contributed by atoms with Crippen molar-refractivity contribution in [2.75, 3.05) is 33.1 Å². The number of hydrogen-bond acceptors (Lipinski definition) is 7. The molecule has 1 atom stereocenters. The molecule has 0 radical (unpaired) electrons. The van der Waals surface area contributed by atoms with E-state index in [4.69, 9.17) is 9.88 Å². The summed E-state index contributed by atoms with van der Waals surface area (Å²) in [5.74, 6) is 0.645. The van der Waals surface area contributed by atoms with E-state index in [9.17, 15) is 18.0 Å². The van der Waals surface area contributed by atoms with Crippen molar-refractivity contribution in [2.24, 2.45) is 10.6 Å². The Morgan fingerprint density at radius 3 is 2.19 bits per heavy atom. The Hall–Kier alpha value is -1.98. The van der Waals surface area contributed by atoms with Crippen LogP contribution in [0, 0.1) is 19.3 Å². The van der Waals surface area contributed by atoms with Gasteiger partial charge >= 0.3 is 16.3 Å². The third-order valence-corrected chi connectivity index (χ3v) is 7.55. The molecule has 1 unspecified atom stereocenters. The number of benzene rings is 1. The Labute approximate surface area is 220 Å². The van der Waals surface area contributed by atoms with E-state index < -0.39 is 27.3 Å². The highest BCUT2D eigenvalue weighted by Crippen LogP contribution is 2.48. The average molecular weight is 543 g/mol. The zero-order valence-corrected chi connectivity index (χ0v) is 24.9. The number of thioether (sulfide) groups is 1. The Balaban J connectivity index is 2.92. The Kier molecular flexibility index (Phi) is 9.06. The summed E-state index contributed by atoms with van der Waals surface area (Å²) < 4.78 is 31.5. The molecule has 204 valence electrons. The number of amides is 2. The summed E-state index contributed by atoms with van der Waals surface area (Å²) in [6.07, 6.45) is 2.51. The molecular formula is C25H42N4O5S2. The maximum atomic E-state index is 13.2. The predicted molar refractivity (Wildman–Crippen MR) is 149 cm³/mol. The van der Waals surface area contributed by atoms with Crippen molar-refractivity contribution in [3.8, 4) is 0 Å². The van der Waals surface area contributed by atoms with Gasteiger partial charge in [-0.25, -0.2) is 9.93 Å². The highest BCUT2D eigenvalue weighted by atomic mass is 32.2. The monoisotopic (exact) mass is 542 g/mol. The normalized spacial score (nSPS) is 16.1. The highest BCUT2D eigenvalue weighted by Gasteiger charge is 2.40. The van der Waals surface area contributed by atoms with E-state index in [-0.39, 0.29) is 17.6 Å². The van der Waals surface area contributed by atoms with Crippen LogP contribution in [0.3, 0.4) is 0 Å². The lowest BCUT2D eigenvalue weighted by Gasteiger charge is -2.32. The van der Waals surface area contributed by atoms with Gasteiger partial charge < -0.3 is 15.0 Å². The molecule has 2 amide bonds. The molecule has 3 N–H and O–H groups in total. The minimum Gasteiger partial charge on any atom is -0.443 e. The van der Waals surface area contributed by atoms with Gasteiger partial charge in [0.25, 0.3) is 0 Å². The number of nitrogens with zero attached hydrogens (tertiary/aromatic N) is 2. The summed E-state index contributed by atoms with van der Waals surface area (Å²) >= 11 is 1.73. The van der Waals surface area contributed by atoms with Crippen LogP contribution >= 0.6 is 11.8 Å². The SMILES string of the molecule is CCCN1c2c(c(C)c(N(C(=O)OC(C)(C)C)S(N)(=O)=O)c(C)c2NC(=O)C(C)(C)C)CC1CSC. The largest absolute Gasteiger partial charge is 0.443 e. The second kappa shape index (κ2) is 10.8. The van der Waals surface area contributed by atoms with Crippen molar-refractivity contribution in [3.63, 3.8) is 0 Å². The van der Waals surface area contributed by atoms with E-state index in [1.807, 2.05) is 27.0 Å². The van der Waals surface area contributed by atoms with Crippen LogP contribution in [0.2, 0.25) is 0 Å². The molecule has 0 saturated carbocycles. The predicted octanol–water partition coefficient (Wildman–Crippen LogP) is 4.74. The van der Waals surface area contributed by atoms with Gasteiger partial charge in [-0.3, -0.25) is 4.79 Å². The number of carbonyl (C=O) groups excluding carboxylic acids is 2. The molecule has 1 aromatic carbocycles. The van der Waals surface area contributed by atoms with E-state index in [0.717, 1.165) is 30.0 Å². The zero-order valence-electron chi connectivity index (χ0n) is 23.2. The quantitative estimate of drug-likeness (QED) is 0.510. The Bertz CT molecular complexity index is 1120. The van der Waals surface area contributed by atoms with Gasteiger partial charge in [0.2, 0.25) is 5.91 Å². The van der Waals surface area contributed by atoms with E-state index in [1.54, 1.807) is 46.4 Å². The van der Waals surface area contributed by atoms with Crippen LogP contribution in [0.4, 0.5) is 21.9 Å². The van der Waals surface area contributed by atoms with Gasteiger partial charge in [0.05, 0.1) is 17.1 Å². The number of ether oxygens (including phenoxy) is 1. The minimum absolute atomic E-state index is 0.121. The van der Waals surface area contributed by atoms with Gasteiger partial charge in [-0.15, -0.1) is 0 Å². The van der Waals surface area contributed by atoms with Crippen LogP contribution in [0.5, 0.6) is 0 Å². The van der Waals surface area contributed by atoms with Crippen LogP contribution in [-0.4, -0.2) is 50.6 Å². The number of nitrogens with two attached hydrogens (primary N) is 1. The molecular weight excluding hydrogens is 500 g/mol. The highest BCUT2D eigenvalue weighted by molar-refractivity contribution is 7.98. The minimum atomic E-state index is -4.54. The van der Waals surface area contributed by atoms with Gasteiger partial charge in [0.1, 0.15) is 5.60 Å². The molecule has 0 spiro atoms. The molecule has 0 aliphatic carbocycles. The van der Waals surface area contributed by atoms with Gasteiger partial charge in [0, 0.05) is 29.3 Å². The number of anilines is 3. The molecule has 11 heteroatoms. The summed E-state index contributed by atoms with van der Waals surface area (Å²) in [6, 6.07) is 0.165. The smallest absolute Gasteiger partial charge is 0.429 e. The third kappa shape index (κ3) is 6.47. The standard InChI is InChI=1S/C25H42N4O5S2/c1-11-12-28-17(14-35-10)13-18-15(2)20(29(36(26,32)33)23(31)34-25(7,8)9)16(3)19(21(18)28)27-22(30)24(4,5)6/h17H,11-14H2,1-10H3,(H,27,30)(H2,26,32,33). The van der Waals surface area contributed by atoms with Gasteiger partial charge in [-0.1, -0.05) is 27.7 Å². The fourth-order valence-electron chi connectivity index (χ4n) is 4.40. The van der Waals surface area contributed by atoms with Crippen LogP contribution in [0.25, 0.3) is 0 Å². The second-order valence-corrected chi connectivity index (χ2v) is 13.6.